The maximum absolute atomic E-state index is 12.2. The van der Waals surface area contributed by atoms with Crippen LogP contribution in [0.15, 0.2) is 0 Å². The Morgan fingerprint density at radius 2 is 1.60 bits per heavy atom. The molecular formula is C16H34N2O2. The van der Waals surface area contributed by atoms with Gasteiger partial charge in [0.25, 0.3) is 0 Å². The van der Waals surface area contributed by atoms with Crippen LogP contribution in [-0.4, -0.2) is 29.7 Å². The number of amides is 1. The van der Waals surface area contributed by atoms with E-state index in [1.165, 1.54) is 0 Å². The predicted octanol–water partition coefficient (Wildman–Crippen LogP) is 2.16. The Morgan fingerprint density at radius 3 is 2.00 bits per heavy atom. The van der Waals surface area contributed by atoms with Crippen LogP contribution in [0.3, 0.4) is 0 Å². The number of carbonyl (C=O) groups is 1. The smallest absolute Gasteiger partial charge is 0.223 e. The number of aliphatic hydroxyl groups is 1. The average Bonchev–Trinajstić information content (AvgIpc) is 2.31. The van der Waals surface area contributed by atoms with E-state index in [2.05, 4.69) is 33.0 Å². The third-order valence-electron chi connectivity index (χ3n) is 3.56. The third kappa shape index (κ3) is 7.85. The Labute approximate surface area is 124 Å². The summed E-state index contributed by atoms with van der Waals surface area (Å²) >= 11 is 0. The topological polar surface area (TPSA) is 75.3 Å². The Kier molecular flexibility index (Phi) is 9.06. The lowest BCUT2D eigenvalue weighted by Crippen LogP contribution is -2.42. The molecule has 0 saturated heterocycles. The van der Waals surface area contributed by atoms with Crippen molar-refractivity contribution in [3.05, 3.63) is 0 Å². The summed E-state index contributed by atoms with van der Waals surface area (Å²) in [7, 11) is 0. The van der Waals surface area contributed by atoms with E-state index in [9.17, 15) is 9.90 Å². The number of aliphatic hydroxyl groups excluding tert-OH is 1. The highest BCUT2D eigenvalue weighted by Crippen LogP contribution is 2.20. The number of carbonyl (C=O) groups excluding carboxylic acids is 1. The van der Waals surface area contributed by atoms with Crippen LogP contribution in [0.2, 0.25) is 0 Å². The van der Waals surface area contributed by atoms with Crippen LogP contribution >= 0.6 is 0 Å². The van der Waals surface area contributed by atoms with Gasteiger partial charge < -0.3 is 16.2 Å². The Balaban J connectivity index is 4.49. The highest BCUT2D eigenvalue weighted by molar-refractivity contribution is 5.78. The fraction of sp³-hybridized carbons (Fsp3) is 0.938. The van der Waals surface area contributed by atoms with Crippen molar-refractivity contribution in [2.45, 2.75) is 66.5 Å². The van der Waals surface area contributed by atoms with E-state index in [0.29, 0.717) is 24.8 Å². The number of hydrogen-bond acceptors (Lipinski definition) is 3. The predicted molar refractivity (Wildman–Crippen MR) is 84.2 cm³/mol. The second kappa shape index (κ2) is 9.35. The van der Waals surface area contributed by atoms with Crippen molar-refractivity contribution < 1.29 is 9.90 Å². The molecule has 0 saturated carbocycles. The average molecular weight is 286 g/mol. The fourth-order valence-corrected chi connectivity index (χ4v) is 2.25. The van der Waals surface area contributed by atoms with Crippen molar-refractivity contribution in [3.63, 3.8) is 0 Å². The van der Waals surface area contributed by atoms with Crippen molar-refractivity contribution in [3.8, 4) is 0 Å². The minimum atomic E-state index is -0.616. The van der Waals surface area contributed by atoms with E-state index in [1.807, 2.05) is 13.8 Å². The second-order valence-electron chi connectivity index (χ2n) is 7.09. The molecule has 4 nitrogen and oxygen atoms in total. The van der Waals surface area contributed by atoms with Crippen LogP contribution < -0.4 is 11.1 Å². The van der Waals surface area contributed by atoms with Gasteiger partial charge >= 0.3 is 0 Å². The molecule has 0 aromatic rings. The molecule has 0 aromatic heterocycles. The molecule has 0 spiro atoms. The standard InChI is InChI=1S/C16H34N2O2/c1-10(2)7-14(17)15(19)8-13(12(5)6)16(20)18-9-11(3)4/h10-15,19H,7-9,17H2,1-6H3,(H,18,20)/t13?,14-,15-/m0/s1. The van der Waals surface area contributed by atoms with E-state index in [1.54, 1.807) is 0 Å². The van der Waals surface area contributed by atoms with Crippen LogP contribution in [0.25, 0.3) is 0 Å². The van der Waals surface area contributed by atoms with E-state index in [4.69, 9.17) is 5.73 Å². The van der Waals surface area contributed by atoms with Crippen molar-refractivity contribution in [2.75, 3.05) is 6.54 Å². The van der Waals surface area contributed by atoms with Gasteiger partial charge in [-0.15, -0.1) is 0 Å². The van der Waals surface area contributed by atoms with Gasteiger partial charge in [0, 0.05) is 18.5 Å². The van der Waals surface area contributed by atoms with E-state index >= 15 is 0 Å². The molecule has 0 fully saturated rings. The summed E-state index contributed by atoms with van der Waals surface area (Å²) < 4.78 is 0. The number of nitrogens with two attached hydrogens (primary N) is 1. The SMILES string of the molecule is CC(C)CNC(=O)C(C[C@H](O)[C@@H](N)CC(C)C)C(C)C. The zero-order valence-electron chi connectivity index (χ0n) is 14.0. The molecule has 3 atom stereocenters. The van der Waals surface area contributed by atoms with Gasteiger partial charge in [-0.05, 0) is 30.6 Å². The van der Waals surface area contributed by atoms with Crippen molar-refractivity contribution in [1.82, 2.24) is 5.32 Å². The van der Waals surface area contributed by atoms with Crippen molar-refractivity contribution in [2.24, 2.45) is 29.4 Å². The summed E-state index contributed by atoms with van der Waals surface area (Å²) in [5, 5.41) is 13.2. The van der Waals surface area contributed by atoms with Gasteiger partial charge in [0.05, 0.1) is 6.10 Å². The van der Waals surface area contributed by atoms with Gasteiger partial charge in [0.15, 0.2) is 0 Å². The number of rotatable bonds is 9. The molecular weight excluding hydrogens is 252 g/mol. The Hall–Kier alpha value is -0.610. The Morgan fingerprint density at radius 1 is 1.05 bits per heavy atom. The van der Waals surface area contributed by atoms with Gasteiger partial charge in [-0.3, -0.25) is 4.79 Å². The molecule has 1 unspecified atom stereocenters. The largest absolute Gasteiger partial charge is 0.391 e. The lowest BCUT2D eigenvalue weighted by molar-refractivity contribution is -0.127. The van der Waals surface area contributed by atoms with Crippen molar-refractivity contribution >= 4 is 5.91 Å². The first-order chi connectivity index (χ1) is 9.15. The number of hydrogen-bond donors (Lipinski definition) is 3. The van der Waals surface area contributed by atoms with Crippen LogP contribution in [0.1, 0.15) is 54.4 Å². The summed E-state index contributed by atoms with van der Waals surface area (Å²) in [6.45, 7) is 13.0. The van der Waals surface area contributed by atoms with Gasteiger partial charge in [-0.2, -0.15) is 0 Å². The van der Waals surface area contributed by atoms with Crippen LogP contribution in [0.4, 0.5) is 0 Å². The van der Waals surface area contributed by atoms with Gasteiger partial charge in [0.1, 0.15) is 0 Å². The first-order valence-corrected chi connectivity index (χ1v) is 7.86. The van der Waals surface area contributed by atoms with E-state index in [-0.39, 0.29) is 23.8 Å². The van der Waals surface area contributed by atoms with Gasteiger partial charge in [-0.25, -0.2) is 0 Å². The quantitative estimate of drug-likeness (QED) is 0.608. The summed E-state index contributed by atoms with van der Waals surface area (Å²) in [5.41, 5.74) is 6.01. The van der Waals surface area contributed by atoms with Crippen molar-refractivity contribution in [1.29, 1.82) is 0 Å². The monoisotopic (exact) mass is 286 g/mol. The minimum absolute atomic E-state index is 0.0319. The molecule has 0 heterocycles. The van der Waals surface area contributed by atoms with E-state index < -0.39 is 6.10 Å². The summed E-state index contributed by atoms with van der Waals surface area (Å²) in [5.74, 6) is 0.932. The number of nitrogens with one attached hydrogen (secondary N) is 1. The van der Waals surface area contributed by atoms with Crippen LogP contribution in [0.5, 0.6) is 0 Å². The van der Waals surface area contributed by atoms with Crippen LogP contribution in [-0.2, 0) is 4.79 Å². The summed E-state index contributed by atoms with van der Waals surface area (Å²) in [6, 6.07) is -0.255. The molecule has 0 bridgehead atoms. The molecule has 0 aliphatic carbocycles. The first kappa shape index (κ1) is 19.4. The molecule has 1 amide bonds. The third-order valence-corrected chi connectivity index (χ3v) is 3.56. The lowest BCUT2D eigenvalue weighted by Gasteiger charge is -2.27. The molecule has 4 N–H and O–H groups in total. The molecule has 0 aromatic carbocycles. The zero-order chi connectivity index (χ0) is 15.9. The minimum Gasteiger partial charge on any atom is -0.391 e. The maximum Gasteiger partial charge on any atom is 0.223 e. The Bertz CT molecular complexity index is 278. The van der Waals surface area contributed by atoms with Crippen LogP contribution in [0, 0.1) is 23.7 Å². The van der Waals surface area contributed by atoms with E-state index in [0.717, 1.165) is 6.42 Å². The molecule has 20 heavy (non-hydrogen) atoms. The zero-order valence-corrected chi connectivity index (χ0v) is 14.0. The lowest BCUT2D eigenvalue weighted by atomic mass is 9.86. The highest BCUT2D eigenvalue weighted by Gasteiger charge is 2.28. The highest BCUT2D eigenvalue weighted by atomic mass is 16.3. The summed E-state index contributed by atoms with van der Waals surface area (Å²) in [6.07, 6.45) is 0.601. The molecule has 0 aliphatic rings. The van der Waals surface area contributed by atoms with Gasteiger partial charge in [-0.1, -0.05) is 41.5 Å². The molecule has 0 radical (unpaired) electrons. The first-order valence-electron chi connectivity index (χ1n) is 7.86. The maximum atomic E-state index is 12.2. The fourth-order valence-electron chi connectivity index (χ4n) is 2.25. The normalized spacial score (nSPS) is 16.6. The summed E-state index contributed by atoms with van der Waals surface area (Å²) in [4.78, 5) is 12.2. The molecule has 4 heteroatoms. The second-order valence-corrected chi connectivity index (χ2v) is 7.09. The molecule has 0 rings (SSSR count). The molecule has 120 valence electrons. The van der Waals surface area contributed by atoms with Gasteiger partial charge in [0.2, 0.25) is 5.91 Å². The molecule has 0 aliphatic heterocycles.